The topological polar surface area (TPSA) is 80.0 Å². The number of nitrogens with zero attached hydrogens (tertiary/aromatic N) is 3. The molecule has 0 unspecified atom stereocenters. The third kappa shape index (κ3) is 7.38. The van der Waals surface area contributed by atoms with Crippen molar-refractivity contribution in [3.8, 4) is 0 Å². The van der Waals surface area contributed by atoms with Crippen molar-refractivity contribution in [3.05, 3.63) is 18.1 Å². The Morgan fingerprint density at radius 3 is 2.31 bits per heavy atom. The number of hydrogen-bond acceptors (Lipinski definition) is 3. The zero-order chi connectivity index (χ0) is 26.1. The molecule has 36 heavy (non-hydrogen) atoms. The van der Waals surface area contributed by atoms with Crippen LogP contribution in [0, 0.1) is 5.92 Å². The van der Waals surface area contributed by atoms with Gasteiger partial charge in [0.25, 0.3) is 0 Å². The fourth-order valence-electron chi connectivity index (χ4n) is 6.26. The minimum atomic E-state index is -2.67. The van der Waals surface area contributed by atoms with Gasteiger partial charge in [0, 0.05) is 0 Å². The molecule has 2 aromatic rings. The third-order valence-electron chi connectivity index (χ3n) is 8.15. The number of unbranched alkanes of at least 4 members (excludes halogenated alkanes) is 3. The monoisotopic (exact) mass is 606 g/mol. The van der Waals surface area contributed by atoms with E-state index in [2.05, 4.69) is 56.8 Å². The van der Waals surface area contributed by atoms with Crippen LogP contribution in [0.5, 0.6) is 0 Å². The SMILES string of the molecule is CCC[CH2][Sn]([CH2]CCC)([CH2]CCC)[c]1cc2c(cn1)nc(CC(C)C)n2[C@@H]1CCC[C@H](NC(=O)O)C1. The molecule has 0 spiro atoms. The molecule has 1 aliphatic carbocycles. The summed E-state index contributed by atoms with van der Waals surface area (Å²) in [7, 11) is 0. The van der Waals surface area contributed by atoms with Crippen molar-refractivity contribution in [2.24, 2.45) is 5.92 Å². The summed E-state index contributed by atoms with van der Waals surface area (Å²) >= 11 is -2.67. The molecule has 0 radical (unpaired) electrons. The second-order valence-corrected chi connectivity index (χ2v) is 24.7. The van der Waals surface area contributed by atoms with E-state index in [1.165, 1.54) is 61.1 Å². The van der Waals surface area contributed by atoms with E-state index in [4.69, 9.17) is 9.97 Å². The Bertz CT molecular complexity index is 952. The van der Waals surface area contributed by atoms with Crippen LogP contribution in [0.4, 0.5) is 4.79 Å². The van der Waals surface area contributed by atoms with Gasteiger partial charge in [-0.15, -0.1) is 0 Å². The van der Waals surface area contributed by atoms with Gasteiger partial charge in [0.05, 0.1) is 0 Å². The molecule has 2 aromatic heterocycles. The summed E-state index contributed by atoms with van der Waals surface area (Å²) in [5.74, 6) is 1.66. The summed E-state index contributed by atoms with van der Waals surface area (Å²) < 4.78 is 8.19. The van der Waals surface area contributed by atoms with E-state index in [0.29, 0.717) is 5.92 Å². The van der Waals surface area contributed by atoms with Crippen LogP contribution in [0.3, 0.4) is 0 Å². The Kier molecular flexibility index (Phi) is 11.4. The number of amides is 1. The van der Waals surface area contributed by atoms with Gasteiger partial charge in [-0.05, 0) is 0 Å². The van der Waals surface area contributed by atoms with Gasteiger partial charge in [-0.25, -0.2) is 0 Å². The van der Waals surface area contributed by atoms with Crippen LogP contribution < -0.4 is 9.03 Å². The van der Waals surface area contributed by atoms with Crippen LogP contribution in [0.25, 0.3) is 11.0 Å². The zero-order valence-corrected chi connectivity index (χ0v) is 26.3. The average molecular weight is 605 g/mol. The van der Waals surface area contributed by atoms with Gasteiger partial charge in [0.15, 0.2) is 0 Å². The Morgan fingerprint density at radius 1 is 1.11 bits per heavy atom. The summed E-state index contributed by atoms with van der Waals surface area (Å²) in [5.41, 5.74) is 2.27. The van der Waals surface area contributed by atoms with Gasteiger partial charge < -0.3 is 0 Å². The Hall–Kier alpha value is -1.31. The molecule has 3 rings (SSSR count). The fraction of sp³-hybridized carbons (Fsp3) is 0.759. The van der Waals surface area contributed by atoms with Gasteiger partial charge in [-0.3, -0.25) is 0 Å². The van der Waals surface area contributed by atoms with E-state index < -0.39 is 24.5 Å². The molecule has 0 aliphatic heterocycles. The van der Waals surface area contributed by atoms with Crippen LogP contribution in [-0.4, -0.2) is 50.2 Å². The first-order chi connectivity index (χ1) is 17.3. The molecular weight excluding hydrogens is 555 g/mol. The number of imidazole rings is 1. The number of hydrogen-bond donors (Lipinski definition) is 2. The molecule has 2 atom stereocenters. The third-order valence-corrected chi connectivity index (χ3v) is 23.3. The number of aromatic nitrogens is 3. The summed E-state index contributed by atoms with van der Waals surface area (Å²) in [5, 5.41) is 12.1. The molecule has 1 fully saturated rings. The number of nitrogens with one attached hydrogen (secondary N) is 1. The first-order valence-corrected chi connectivity index (χ1v) is 22.2. The van der Waals surface area contributed by atoms with Crippen molar-refractivity contribution < 1.29 is 9.90 Å². The van der Waals surface area contributed by atoms with E-state index in [-0.39, 0.29) is 12.1 Å². The molecule has 6 nitrogen and oxygen atoms in total. The van der Waals surface area contributed by atoms with Crippen LogP contribution >= 0.6 is 0 Å². The van der Waals surface area contributed by atoms with Crippen LogP contribution in [0.15, 0.2) is 12.3 Å². The van der Waals surface area contributed by atoms with Gasteiger partial charge in [-0.2, -0.15) is 0 Å². The zero-order valence-electron chi connectivity index (χ0n) is 23.5. The average Bonchev–Trinajstić information content (AvgIpc) is 3.20. The Morgan fingerprint density at radius 2 is 1.75 bits per heavy atom. The molecule has 0 saturated heterocycles. The number of rotatable bonds is 14. The molecule has 1 amide bonds. The van der Waals surface area contributed by atoms with Crippen molar-refractivity contribution in [1.29, 1.82) is 0 Å². The van der Waals surface area contributed by atoms with E-state index in [9.17, 15) is 9.90 Å². The molecule has 202 valence electrons. The predicted octanol–water partition coefficient (Wildman–Crippen LogP) is 7.44. The van der Waals surface area contributed by atoms with Crippen LogP contribution in [0.2, 0.25) is 13.3 Å². The van der Waals surface area contributed by atoms with E-state index in [0.717, 1.165) is 43.4 Å². The quantitative estimate of drug-likeness (QED) is 0.220. The van der Waals surface area contributed by atoms with Gasteiger partial charge in [-0.1, -0.05) is 0 Å². The van der Waals surface area contributed by atoms with Gasteiger partial charge in [0.2, 0.25) is 0 Å². The number of carboxylic acid groups (broad SMARTS) is 1. The minimum absolute atomic E-state index is 0.0174. The van der Waals surface area contributed by atoms with Crippen molar-refractivity contribution in [2.45, 2.75) is 131 Å². The first-order valence-electron chi connectivity index (χ1n) is 14.7. The summed E-state index contributed by atoms with van der Waals surface area (Å²) in [6.45, 7) is 11.5. The van der Waals surface area contributed by atoms with Crippen molar-refractivity contribution in [1.82, 2.24) is 19.9 Å². The molecule has 7 heteroatoms. The molecule has 2 N–H and O–H groups in total. The summed E-state index contributed by atoms with van der Waals surface area (Å²) in [4.78, 5) is 21.7. The molecular formula is C29H50N4O2Sn. The maximum absolute atomic E-state index is 11.4. The molecule has 1 saturated carbocycles. The molecule has 0 bridgehead atoms. The van der Waals surface area contributed by atoms with E-state index in [1.807, 2.05) is 0 Å². The first kappa shape index (κ1) is 29.2. The summed E-state index contributed by atoms with van der Waals surface area (Å²) in [6, 6.07) is 2.78. The fourth-order valence-corrected chi connectivity index (χ4v) is 21.6. The van der Waals surface area contributed by atoms with Crippen LogP contribution in [0.1, 0.15) is 111 Å². The van der Waals surface area contributed by atoms with E-state index in [1.54, 1.807) is 0 Å². The van der Waals surface area contributed by atoms with Crippen molar-refractivity contribution >= 4 is 39.2 Å². The standard InChI is InChI=1S/C17H23N4O2.3C4H9.Sn/c1-11(2)8-16-20-14-10-18-7-6-15(14)21(16)13-5-3-4-12(9-13)19-17(22)23;3*1-3-4-2;/h6,10-13,19H,3-5,8-9H2,1-2H3,(H,22,23);3*1,3-4H2,2H3;/t12-,13+;;;;/m0..../s1. The number of carbonyl (C=O) groups is 1. The Balaban J connectivity index is 2.10. The van der Waals surface area contributed by atoms with Gasteiger partial charge in [0.1, 0.15) is 0 Å². The molecule has 2 heterocycles. The normalized spacial score (nSPS) is 18.7. The van der Waals surface area contributed by atoms with E-state index >= 15 is 0 Å². The van der Waals surface area contributed by atoms with Crippen LogP contribution in [-0.2, 0) is 6.42 Å². The Labute approximate surface area is 222 Å². The maximum atomic E-state index is 11.4. The number of pyridine rings is 1. The van der Waals surface area contributed by atoms with Crippen molar-refractivity contribution in [3.63, 3.8) is 0 Å². The second kappa shape index (κ2) is 14.0. The summed E-state index contributed by atoms with van der Waals surface area (Å²) in [6.07, 6.45) is 13.8. The molecule has 0 aromatic carbocycles. The predicted molar refractivity (Wildman–Crippen MR) is 153 cm³/mol. The number of fused-ring (bicyclic) bond motifs is 1. The van der Waals surface area contributed by atoms with Crippen molar-refractivity contribution in [2.75, 3.05) is 0 Å². The van der Waals surface area contributed by atoms with Gasteiger partial charge >= 0.3 is 224 Å². The molecule has 1 aliphatic rings. The second-order valence-electron chi connectivity index (χ2n) is 11.6.